The number of rotatable bonds is 11. The van der Waals surface area contributed by atoms with Crippen molar-refractivity contribution in [3.63, 3.8) is 0 Å². The number of fused-ring (bicyclic) bond motifs is 2. The van der Waals surface area contributed by atoms with Gasteiger partial charge in [-0.05, 0) is 97.3 Å². The molecule has 2 aliphatic heterocycles. The molecular weight excluding hydrogens is 688 g/mol. The number of likely N-dealkylation sites (tertiary alicyclic amines) is 2. The summed E-state index contributed by atoms with van der Waals surface area (Å²) in [6.45, 7) is 0. The number of amides is 4. The Balaban J connectivity index is 0.810. The van der Waals surface area contributed by atoms with E-state index in [-0.39, 0.29) is 47.8 Å². The molecule has 2 aromatic heterocycles. The molecule has 14 nitrogen and oxygen atoms in total. The van der Waals surface area contributed by atoms with Gasteiger partial charge < -0.3 is 40.6 Å². The van der Waals surface area contributed by atoms with Crippen molar-refractivity contribution in [2.45, 2.75) is 87.6 Å². The van der Waals surface area contributed by atoms with E-state index in [0.717, 1.165) is 96.7 Å². The van der Waals surface area contributed by atoms with Crippen LogP contribution in [0.5, 0.6) is 0 Å². The number of aromatic amines is 2. The predicted molar refractivity (Wildman–Crippen MR) is 195 cm³/mol. The van der Waals surface area contributed by atoms with Gasteiger partial charge >= 0.3 is 12.2 Å². The van der Waals surface area contributed by atoms with E-state index in [9.17, 15) is 29.4 Å². The predicted octanol–water partition coefficient (Wildman–Crippen LogP) is 5.55. The first kappa shape index (κ1) is 32.9. The Morgan fingerprint density at radius 2 is 0.963 bits per heavy atom. The molecule has 54 heavy (non-hydrogen) atoms. The van der Waals surface area contributed by atoms with Gasteiger partial charge in [0.1, 0.15) is 23.7 Å². The maximum atomic E-state index is 13.6. The minimum atomic E-state index is -1.16. The molecule has 10 rings (SSSR count). The topological polar surface area (TPSA) is 197 Å². The first-order valence-corrected chi connectivity index (χ1v) is 19.1. The molecule has 0 unspecified atom stereocenters. The summed E-state index contributed by atoms with van der Waals surface area (Å²) in [4.78, 5) is 70.3. The molecule has 4 aromatic rings. The van der Waals surface area contributed by atoms with Gasteiger partial charge in [-0.15, -0.1) is 0 Å². The Morgan fingerprint density at radius 1 is 0.593 bits per heavy atom. The van der Waals surface area contributed by atoms with Gasteiger partial charge in [-0.2, -0.15) is 0 Å². The number of nitrogens with one attached hydrogen (secondary N) is 4. The molecule has 6 N–H and O–H groups in total. The van der Waals surface area contributed by atoms with Crippen molar-refractivity contribution in [1.29, 1.82) is 0 Å². The van der Waals surface area contributed by atoms with Crippen molar-refractivity contribution < 1.29 is 29.4 Å². The lowest BCUT2D eigenvalue weighted by Gasteiger charge is -2.30. The van der Waals surface area contributed by atoms with Gasteiger partial charge in [0.05, 0.1) is 35.9 Å². The summed E-state index contributed by atoms with van der Waals surface area (Å²) in [6, 6.07) is 15.0. The molecule has 8 atom stereocenters. The Kier molecular flexibility index (Phi) is 7.60. The third kappa shape index (κ3) is 5.97. The quantitative estimate of drug-likeness (QED) is 0.116. The molecule has 6 fully saturated rings. The summed E-state index contributed by atoms with van der Waals surface area (Å²) in [7, 11) is 0. The highest BCUT2D eigenvalue weighted by molar-refractivity contribution is 5.88. The average Bonchev–Trinajstić information content (AvgIpc) is 4.13. The van der Waals surface area contributed by atoms with Crippen LogP contribution in [0.2, 0.25) is 0 Å². The molecule has 278 valence electrons. The van der Waals surface area contributed by atoms with Crippen molar-refractivity contribution in [3.8, 4) is 33.6 Å². The van der Waals surface area contributed by atoms with Crippen LogP contribution < -0.4 is 10.6 Å². The molecule has 4 aliphatic carbocycles. The second-order valence-electron chi connectivity index (χ2n) is 16.2. The van der Waals surface area contributed by atoms with Crippen molar-refractivity contribution in [3.05, 3.63) is 72.6 Å². The fourth-order valence-electron chi connectivity index (χ4n) is 9.23. The van der Waals surface area contributed by atoms with Crippen molar-refractivity contribution in [2.24, 2.45) is 23.7 Å². The number of aromatic nitrogens is 4. The van der Waals surface area contributed by atoms with Crippen LogP contribution in [0.15, 0.2) is 60.9 Å². The van der Waals surface area contributed by atoms with E-state index >= 15 is 0 Å². The number of hydrogen-bond acceptors (Lipinski definition) is 6. The molecule has 2 aromatic carbocycles. The van der Waals surface area contributed by atoms with Gasteiger partial charge in [-0.25, -0.2) is 19.6 Å². The monoisotopic (exact) mass is 730 g/mol. The number of H-pyrrole nitrogens is 2. The van der Waals surface area contributed by atoms with E-state index in [1.807, 2.05) is 9.80 Å². The maximum Gasteiger partial charge on any atom is 0.405 e. The fraction of sp³-hybridized carbons (Fsp3) is 0.450. The second-order valence-corrected chi connectivity index (χ2v) is 16.2. The van der Waals surface area contributed by atoms with E-state index in [1.54, 1.807) is 12.4 Å². The van der Waals surface area contributed by atoms with E-state index in [2.05, 4.69) is 69.1 Å². The lowest BCUT2D eigenvalue weighted by Crippen LogP contribution is -2.50. The molecular formula is C40H42N8O6. The van der Waals surface area contributed by atoms with Gasteiger partial charge in [-0.3, -0.25) is 9.59 Å². The molecule has 6 aliphatic rings. The van der Waals surface area contributed by atoms with Crippen LogP contribution in [-0.2, 0) is 9.59 Å². The van der Waals surface area contributed by atoms with Crippen LogP contribution in [0, 0.1) is 23.7 Å². The summed E-state index contributed by atoms with van der Waals surface area (Å²) in [6.07, 6.45) is 8.32. The van der Waals surface area contributed by atoms with Crippen LogP contribution in [0.1, 0.15) is 75.1 Å². The number of carbonyl (C=O) groups is 4. The van der Waals surface area contributed by atoms with Gasteiger partial charge in [0.25, 0.3) is 0 Å². The van der Waals surface area contributed by atoms with Crippen molar-refractivity contribution in [2.75, 3.05) is 0 Å². The summed E-state index contributed by atoms with van der Waals surface area (Å²) in [5, 5.41) is 23.7. The van der Waals surface area contributed by atoms with E-state index in [1.165, 1.54) is 0 Å². The SMILES string of the molecule is O=C(O)N[C@H](C(=O)N1[C@H](c2ncc(-c3ccc(-c4ccc(-c5cnc([C@@H]6C[C@@H]7C[C@@H]7N6C(=O)[C@@H](NC(=O)O)C6CC6)[nH]5)cc4)cc3)[nH]2)C[C@@H]2C[C@@H]21)C1CC1. The zero-order chi connectivity index (χ0) is 36.8. The Morgan fingerprint density at radius 3 is 1.31 bits per heavy atom. The third-order valence-corrected chi connectivity index (χ3v) is 12.5. The van der Waals surface area contributed by atoms with Crippen molar-refractivity contribution in [1.82, 2.24) is 40.4 Å². The molecule has 0 spiro atoms. The van der Waals surface area contributed by atoms with E-state index in [4.69, 9.17) is 9.97 Å². The molecule has 4 heterocycles. The number of benzene rings is 2. The number of carboxylic acid groups (broad SMARTS) is 2. The largest absolute Gasteiger partial charge is 0.465 e. The van der Waals surface area contributed by atoms with Gasteiger partial charge in [0.2, 0.25) is 11.8 Å². The molecule has 2 saturated heterocycles. The zero-order valence-corrected chi connectivity index (χ0v) is 29.5. The Labute approximate surface area is 310 Å². The van der Waals surface area contributed by atoms with Crippen LogP contribution in [-0.4, -0.2) is 88.1 Å². The fourth-order valence-corrected chi connectivity index (χ4v) is 9.23. The van der Waals surface area contributed by atoms with Gasteiger partial charge in [0, 0.05) is 12.1 Å². The lowest BCUT2D eigenvalue weighted by atomic mass is 10.0. The highest BCUT2D eigenvalue weighted by Crippen LogP contribution is 2.55. The van der Waals surface area contributed by atoms with Gasteiger partial charge in [-0.1, -0.05) is 48.5 Å². The number of piperidine rings is 2. The zero-order valence-electron chi connectivity index (χ0n) is 29.5. The first-order valence-electron chi connectivity index (χ1n) is 19.1. The summed E-state index contributed by atoms with van der Waals surface area (Å²) in [5.41, 5.74) is 5.78. The number of carbonyl (C=O) groups excluding carboxylic acids is 2. The number of imidazole rings is 2. The number of nitrogens with zero attached hydrogens (tertiary/aromatic N) is 4. The third-order valence-electron chi connectivity index (χ3n) is 12.5. The maximum absolute atomic E-state index is 13.6. The summed E-state index contributed by atoms with van der Waals surface area (Å²) >= 11 is 0. The Bertz CT molecular complexity index is 1990. The molecule has 4 amide bonds. The Hall–Kier alpha value is -5.66. The van der Waals surface area contributed by atoms with Crippen molar-refractivity contribution >= 4 is 24.0 Å². The minimum Gasteiger partial charge on any atom is -0.465 e. The molecule has 0 radical (unpaired) electrons. The van der Waals surface area contributed by atoms with Gasteiger partial charge in [0.15, 0.2) is 0 Å². The molecule has 4 saturated carbocycles. The molecule has 14 heteroatoms. The highest BCUT2D eigenvalue weighted by atomic mass is 16.4. The van der Waals surface area contributed by atoms with Crippen LogP contribution in [0.3, 0.4) is 0 Å². The van der Waals surface area contributed by atoms with E-state index in [0.29, 0.717) is 11.8 Å². The smallest absolute Gasteiger partial charge is 0.405 e. The van der Waals surface area contributed by atoms with E-state index < -0.39 is 24.3 Å². The number of hydrogen-bond donors (Lipinski definition) is 6. The second kappa shape index (κ2) is 12.5. The average molecular weight is 731 g/mol. The molecule has 0 bridgehead atoms. The summed E-state index contributed by atoms with van der Waals surface area (Å²) < 4.78 is 0. The van der Waals surface area contributed by atoms with Crippen LogP contribution >= 0.6 is 0 Å². The highest BCUT2D eigenvalue weighted by Gasteiger charge is 2.58. The standard InChI is InChI=1S/C40H42N8O6/c49-37(33(23-9-10-23)45-39(51)52)47-29-13-25(29)15-31(47)35-41-17-27(43-35)21-5-1-19(2-6-21)20-3-7-22(8-4-20)28-18-42-36(44-28)32-16-26-14-30(26)48(32)38(50)34(24-11-12-24)46-40(53)54/h1-8,17-18,23-26,29-34,45-46H,9-16H2,(H,41,43)(H,42,44)(H,51,52)(H,53,54)/t25-,26-,29-,30-,31-,32-,33-,34-/m0/s1. The lowest BCUT2D eigenvalue weighted by molar-refractivity contribution is -0.136. The summed E-state index contributed by atoms with van der Waals surface area (Å²) in [5.74, 6) is 2.22. The normalized spacial score (nSPS) is 27.5. The van der Waals surface area contributed by atoms with Crippen LogP contribution in [0.25, 0.3) is 33.6 Å². The minimum absolute atomic E-state index is 0.0702. The van der Waals surface area contributed by atoms with Crippen LogP contribution in [0.4, 0.5) is 9.59 Å². The first-order chi connectivity index (χ1) is 26.2.